The molecule has 7 nitrogen and oxygen atoms in total. The lowest BCUT2D eigenvalue weighted by Crippen LogP contribution is -2.37. The van der Waals surface area contributed by atoms with E-state index in [1.54, 1.807) is 30.3 Å². The Kier molecular flexibility index (Phi) is 5.87. The van der Waals surface area contributed by atoms with Gasteiger partial charge in [-0.15, -0.1) is 0 Å². The Morgan fingerprint density at radius 1 is 1.26 bits per heavy atom. The van der Waals surface area contributed by atoms with E-state index >= 15 is 0 Å². The molecule has 0 aliphatic rings. The summed E-state index contributed by atoms with van der Waals surface area (Å²) in [6, 6.07) is 8.21. The summed E-state index contributed by atoms with van der Waals surface area (Å²) < 4.78 is 15.5. The summed E-state index contributed by atoms with van der Waals surface area (Å²) in [5, 5.41) is 15.5. The second-order valence-electron chi connectivity index (χ2n) is 4.77. The van der Waals surface area contributed by atoms with Crippen molar-refractivity contribution in [2.45, 2.75) is 12.6 Å². The molecule has 0 aliphatic heterocycles. The Labute approximate surface area is 134 Å². The summed E-state index contributed by atoms with van der Waals surface area (Å²) in [4.78, 5) is 11.7. The Morgan fingerprint density at radius 2 is 2.09 bits per heavy atom. The third-order valence-electron chi connectivity index (χ3n) is 3.26. The molecule has 124 valence electrons. The number of aliphatic hydroxyl groups excluding tert-OH is 1. The van der Waals surface area contributed by atoms with Crippen molar-refractivity contribution in [3.8, 4) is 11.5 Å². The van der Waals surface area contributed by atoms with Crippen LogP contribution in [0.25, 0.3) is 0 Å². The van der Waals surface area contributed by atoms with Crippen LogP contribution < -0.4 is 20.1 Å². The van der Waals surface area contributed by atoms with Crippen molar-refractivity contribution in [3.63, 3.8) is 0 Å². The number of urea groups is 1. The molecule has 1 aromatic carbocycles. The summed E-state index contributed by atoms with van der Waals surface area (Å²) in [5.74, 6) is 1.77. The molecule has 0 aliphatic carbocycles. The molecule has 2 rings (SSSR count). The van der Waals surface area contributed by atoms with E-state index in [0.717, 1.165) is 0 Å². The maximum atomic E-state index is 11.7. The Balaban J connectivity index is 1.88. The zero-order valence-electron chi connectivity index (χ0n) is 13.0. The molecule has 0 radical (unpaired) electrons. The first-order chi connectivity index (χ1) is 11.1. The maximum Gasteiger partial charge on any atom is 0.315 e. The number of carbonyl (C=O) groups excluding carboxylic acids is 1. The van der Waals surface area contributed by atoms with Crippen LogP contribution in [0, 0.1) is 0 Å². The van der Waals surface area contributed by atoms with Crippen LogP contribution >= 0.6 is 0 Å². The fourth-order valence-corrected chi connectivity index (χ4v) is 2.04. The molecular weight excluding hydrogens is 300 g/mol. The minimum absolute atomic E-state index is 0.0352. The summed E-state index contributed by atoms with van der Waals surface area (Å²) in [6.45, 7) is 0.310. The molecule has 1 atom stereocenters. The second-order valence-corrected chi connectivity index (χ2v) is 4.77. The molecule has 0 saturated carbocycles. The fourth-order valence-electron chi connectivity index (χ4n) is 2.04. The number of benzene rings is 1. The summed E-state index contributed by atoms with van der Waals surface area (Å²) in [6.07, 6.45) is 0.614. The van der Waals surface area contributed by atoms with Crippen molar-refractivity contribution < 1.29 is 23.8 Å². The van der Waals surface area contributed by atoms with Crippen LogP contribution in [-0.4, -0.2) is 31.9 Å². The molecule has 2 amide bonds. The largest absolute Gasteiger partial charge is 0.497 e. The number of ether oxygens (including phenoxy) is 2. The molecule has 1 aromatic heterocycles. The Morgan fingerprint density at radius 3 is 2.74 bits per heavy atom. The standard InChI is InChI=1S/C16H20N2O5/c1-21-11-5-6-15(22-2)13(8-11)14(19)10-18-16(20)17-9-12-4-3-7-23-12/h3-8,14,19H,9-10H2,1-2H3,(H2,17,18,20)/t14-/m1/s1. The van der Waals surface area contributed by atoms with Crippen LogP contribution in [0.3, 0.4) is 0 Å². The van der Waals surface area contributed by atoms with Crippen LogP contribution in [0.2, 0.25) is 0 Å². The van der Waals surface area contributed by atoms with Crippen molar-refractivity contribution in [2.75, 3.05) is 20.8 Å². The SMILES string of the molecule is COc1ccc(OC)c([C@H](O)CNC(=O)NCc2ccco2)c1. The summed E-state index contributed by atoms with van der Waals surface area (Å²) in [7, 11) is 3.06. The van der Waals surface area contributed by atoms with Crippen molar-refractivity contribution in [3.05, 3.63) is 47.9 Å². The molecule has 7 heteroatoms. The van der Waals surface area contributed by atoms with E-state index < -0.39 is 12.1 Å². The predicted molar refractivity (Wildman–Crippen MR) is 83.5 cm³/mol. The fraction of sp³-hybridized carbons (Fsp3) is 0.312. The Bertz CT molecular complexity index is 627. The monoisotopic (exact) mass is 320 g/mol. The number of amides is 2. The van der Waals surface area contributed by atoms with Crippen LogP contribution in [0.15, 0.2) is 41.0 Å². The zero-order chi connectivity index (χ0) is 16.7. The lowest BCUT2D eigenvalue weighted by Gasteiger charge is -2.16. The average Bonchev–Trinajstić information content (AvgIpc) is 3.10. The highest BCUT2D eigenvalue weighted by molar-refractivity contribution is 5.73. The van der Waals surface area contributed by atoms with Crippen molar-refractivity contribution >= 4 is 6.03 Å². The van der Waals surface area contributed by atoms with Crippen molar-refractivity contribution in [1.29, 1.82) is 0 Å². The van der Waals surface area contributed by atoms with Gasteiger partial charge in [-0.05, 0) is 30.3 Å². The number of hydrogen-bond donors (Lipinski definition) is 3. The average molecular weight is 320 g/mol. The van der Waals surface area contributed by atoms with Gasteiger partial charge in [0.2, 0.25) is 0 Å². The second kappa shape index (κ2) is 8.09. The highest BCUT2D eigenvalue weighted by Crippen LogP contribution is 2.28. The molecular formula is C16H20N2O5. The van der Waals surface area contributed by atoms with Gasteiger partial charge in [0.25, 0.3) is 0 Å². The van der Waals surface area contributed by atoms with E-state index in [9.17, 15) is 9.90 Å². The molecule has 2 aromatic rings. The van der Waals surface area contributed by atoms with Gasteiger partial charge in [0.05, 0.1) is 27.0 Å². The number of carbonyl (C=O) groups is 1. The van der Waals surface area contributed by atoms with Gasteiger partial charge in [-0.3, -0.25) is 0 Å². The summed E-state index contributed by atoms with van der Waals surface area (Å²) in [5.41, 5.74) is 0.540. The topological polar surface area (TPSA) is 93.0 Å². The lowest BCUT2D eigenvalue weighted by molar-refractivity contribution is 0.168. The third kappa shape index (κ3) is 4.65. The highest BCUT2D eigenvalue weighted by Gasteiger charge is 2.15. The molecule has 0 spiro atoms. The highest BCUT2D eigenvalue weighted by atomic mass is 16.5. The van der Waals surface area contributed by atoms with Gasteiger partial charge in [0.1, 0.15) is 23.4 Å². The first kappa shape index (κ1) is 16.7. The van der Waals surface area contributed by atoms with Gasteiger partial charge < -0.3 is 29.6 Å². The van der Waals surface area contributed by atoms with Gasteiger partial charge in [-0.25, -0.2) is 4.79 Å². The normalized spacial score (nSPS) is 11.6. The van der Waals surface area contributed by atoms with Crippen molar-refractivity contribution in [2.24, 2.45) is 0 Å². The number of furan rings is 1. The number of nitrogens with one attached hydrogen (secondary N) is 2. The van der Waals surface area contributed by atoms with Crippen LogP contribution in [0.1, 0.15) is 17.4 Å². The van der Waals surface area contributed by atoms with E-state index in [2.05, 4.69) is 10.6 Å². The van der Waals surface area contributed by atoms with E-state index in [1.165, 1.54) is 20.5 Å². The first-order valence-corrected chi connectivity index (χ1v) is 7.08. The Hall–Kier alpha value is -2.67. The molecule has 0 bridgehead atoms. The summed E-state index contributed by atoms with van der Waals surface area (Å²) >= 11 is 0. The molecule has 3 N–H and O–H groups in total. The number of aliphatic hydroxyl groups is 1. The first-order valence-electron chi connectivity index (χ1n) is 7.08. The van der Waals surface area contributed by atoms with E-state index in [0.29, 0.717) is 22.8 Å². The van der Waals surface area contributed by atoms with Gasteiger partial charge in [0.15, 0.2) is 0 Å². The quantitative estimate of drug-likeness (QED) is 0.724. The zero-order valence-corrected chi connectivity index (χ0v) is 13.0. The third-order valence-corrected chi connectivity index (χ3v) is 3.26. The molecule has 0 saturated heterocycles. The predicted octanol–water partition coefficient (Wildman–Crippen LogP) is 1.83. The van der Waals surface area contributed by atoms with Gasteiger partial charge >= 0.3 is 6.03 Å². The lowest BCUT2D eigenvalue weighted by atomic mass is 10.1. The molecule has 0 unspecified atom stereocenters. The maximum absolute atomic E-state index is 11.7. The number of methoxy groups -OCH3 is 2. The van der Waals surface area contributed by atoms with Gasteiger partial charge in [0, 0.05) is 12.1 Å². The van der Waals surface area contributed by atoms with Crippen molar-refractivity contribution in [1.82, 2.24) is 10.6 Å². The minimum Gasteiger partial charge on any atom is -0.497 e. The van der Waals surface area contributed by atoms with Gasteiger partial charge in [-0.2, -0.15) is 0 Å². The van der Waals surface area contributed by atoms with E-state index in [-0.39, 0.29) is 13.1 Å². The van der Waals surface area contributed by atoms with Crippen LogP contribution in [0.5, 0.6) is 11.5 Å². The van der Waals surface area contributed by atoms with E-state index in [1.807, 2.05) is 0 Å². The number of rotatable bonds is 7. The minimum atomic E-state index is -0.922. The number of hydrogen-bond acceptors (Lipinski definition) is 5. The van der Waals surface area contributed by atoms with Crippen LogP contribution in [0.4, 0.5) is 4.79 Å². The smallest absolute Gasteiger partial charge is 0.315 e. The molecule has 23 heavy (non-hydrogen) atoms. The van der Waals surface area contributed by atoms with Crippen LogP contribution in [-0.2, 0) is 6.54 Å². The molecule has 0 fully saturated rings. The van der Waals surface area contributed by atoms with E-state index in [4.69, 9.17) is 13.9 Å². The molecule has 1 heterocycles. The van der Waals surface area contributed by atoms with Gasteiger partial charge in [-0.1, -0.05) is 0 Å².